The second-order valence-corrected chi connectivity index (χ2v) is 5.65. The van der Waals surface area contributed by atoms with Gasteiger partial charge in [-0.1, -0.05) is 41.4 Å². The van der Waals surface area contributed by atoms with Crippen molar-refractivity contribution in [1.29, 1.82) is 0 Å². The normalized spacial score (nSPS) is 11.2. The monoisotopic (exact) mass is 327 g/mol. The number of aromatic nitrogens is 1. The molecule has 0 amide bonds. The van der Waals surface area contributed by atoms with Gasteiger partial charge in [0, 0.05) is 9.86 Å². The molecule has 0 radical (unpaired) electrons. The SMILES string of the molecule is CC(C)c1cc(Br)cc2c(C(=O)O)cc(Cl)nc12. The van der Waals surface area contributed by atoms with Gasteiger partial charge >= 0.3 is 5.97 Å². The van der Waals surface area contributed by atoms with Crippen molar-refractivity contribution in [2.45, 2.75) is 19.8 Å². The number of hydrogen-bond acceptors (Lipinski definition) is 2. The summed E-state index contributed by atoms with van der Waals surface area (Å²) in [7, 11) is 0. The molecule has 0 saturated carbocycles. The van der Waals surface area contributed by atoms with Gasteiger partial charge in [-0.25, -0.2) is 9.78 Å². The Labute approximate surface area is 118 Å². The van der Waals surface area contributed by atoms with Gasteiger partial charge in [0.05, 0.1) is 11.1 Å². The van der Waals surface area contributed by atoms with E-state index in [1.807, 2.05) is 19.9 Å². The smallest absolute Gasteiger partial charge is 0.336 e. The second kappa shape index (κ2) is 4.86. The number of pyridine rings is 1. The molecule has 18 heavy (non-hydrogen) atoms. The molecule has 1 aromatic carbocycles. The maximum Gasteiger partial charge on any atom is 0.336 e. The van der Waals surface area contributed by atoms with Crippen molar-refractivity contribution < 1.29 is 9.90 Å². The first-order valence-corrected chi connectivity index (χ1v) is 6.60. The first-order valence-electron chi connectivity index (χ1n) is 5.43. The molecular weight excluding hydrogens is 318 g/mol. The number of aromatic carboxylic acids is 1. The highest BCUT2D eigenvalue weighted by Gasteiger charge is 2.16. The van der Waals surface area contributed by atoms with Crippen molar-refractivity contribution >= 4 is 44.4 Å². The largest absolute Gasteiger partial charge is 0.478 e. The fraction of sp³-hybridized carbons (Fsp3) is 0.231. The number of hydrogen-bond donors (Lipinski definition) is 1. The molecule has 0 aliphatic rings. The molecule has 0 unspecified atom stereocenters. The Balaban J connectivity index is 2.94. The summed E-state index contributed by atoms with van der Waals surface area (Å²) in [4.78, 5) is 15.5. The summed E-state index contributed by atoms with van der Waals surface area (Å²) < 4.78 is 0.838. The van der Waals surface area contributed by atoms with Gasteiger partial charge in [-0.05, 0) is 29.7 Å². The summed E-state index contributed by atoms with van der Waals surface area (Å²) in [5.74, 6) is -0.769. The van der Waals surface area contributed by atoms with Crippen LogP contribution in [0.15, 0.2) is 22.7 Å². The van der Waals surface area contributed by atoms with Gasteiger partial charge in [0.25, 0.3) is 0 Å². The molecule has 2 rings (SSSR count). The summed E-state index contributed by atoms with van der Waals surface area (Å²) in [5, 5.41) is 10.0. The molecule has 2 aromatic rings. The number of benzene rings is 1. The number of carboxylic acids is 1. The van der Waals surface area contributed by atoms with E-state index in [2.05, 4.69) is 20.9 Å². The van der Waals surface area contributed by atoms with Gasteiger partial charge < -0.3 is 5.11 Å². The maximum absolute atomic E-state index is 11.3. The van der Waals surface area contributed by atoms with Crippen LogP contribution < -0.4 is 0 Å². The third-order valence-corrected chi connectivity index (χ3v) is 3.38. The van der Waals surface area contributed by atoms with E-state index < -0.39 is 5.97 Å². The number of carboxylic acid groups (broad SMARTS) is 1. The molecule has 94 valence electrons. The molecule has 1 heterocycles. The van der Waals surface area contributed by atoms with Crippen LogP contribution in [0.5, 0.6) is 0 Å². The number of fused-ring (bicyclic) bond motifs is 1. The molecule has 0 fully saturated rings. The Kier molecular flexibility index (Phi) is 3.59. The van der Waals surface area contributed by atoms with Crippen molar-refractivity contribution in [3.63, 3.8) is 0 Å². The molecule has 1 N–H and O–H groups in total. The van der Waals surface area contributed by atoms with Crippen molar-refractivity contribution in [1.82, 2.24) is 4.98 Å². The maximum atomic E-state index is 11.3. The number of nitrogens with zero attached hydrogens (tertiary/aromatic N) is 1. The second-order valence-electron chi connectivity index (χ2n) is 4.34. The highest BCUT2D eigenvalue weighted by molar-refractivity contribution is 9.10. The third kappa shape index (κ3) is 2.35. The van der Waals surface area contributed by atoms with Crippen LogP contribution in [0.4, 0.5) is 0 Å². The van der Waals surface area contributed by atoms with Crippen LogP contribution in [0.25, 0.3) is 10.9 Å². The standard InChI is InChI=1S/C13H11BrClNO2/c1-6(2)8-3-7(14)4-9-10(13(17)18)5-11(15)16-12(8)9/h3-6H,1-2H3,(H,17,18). The fourth-order valence-corrected chi connectivity index (χ4v) is 2.57. The van der Waals surface area contributed by atoms with Gasteiger partial charge in [-0.3, -0.25) is 0 Å². The Morgan fingerprint density at radius 3 is 2.61 bits per heavy atom. The highest BCUT2D eigenvalue weighted by Crippen LogP contribution is 2.31. The van der Waals surface area contributed by atoms with E-state index in [0.29, 0.717) is 10.9 Å². The van der Waals surface area contributed by atoms with Crippen LogP contribution in [0, 0.1) is 0 Å². The van der Waals surface area contributed by atoms with E-state index in [1.54, 1.807) is 6.07 Å². The molecule has 5 heteroatoms. The summed E-state index contributed by atoms with van der Waals surface area (Å²) in [6, 6.07) is 5.08. The molecule has 3 nitrogen and oxygen atoms in total. The lowest BCUT2D eigenvalue weighted by Crippen LogP contribution is -2.01. The Hall–Kier alpha value is -1.13. The Morgan fingerprint density at radius 1 is 1.39 bits per heavy atom. The van der Waals surface area contributed by atoms with Crippen LogP contribution in [0.3, 0.4) is 0 Å². The lowest BCUT2D eigenvalue weighted by atomic mass is 9.98. The Morgan fingerprint density at radius 2 is 2.06 bits per heavy atom. The molecule has 0 bridgehead atoms. The minimum absolute atomic E-state index is 0.174. The minimum atomic E-state index is -1.00. The predicted molar refractivity (Wildman–Crippen MR) is 75.5 cm³/mol. The molecule has 0 aliphatic heterocycles. The third-order valence-electron chi connectivity index (χ3n) is 2.73. The van der Waals surface area contributed by atoms with E-state index >= 15 is 0 Å². The topological polar surface area (TPSA) is 50.2 Å². The van der Waals surface area contributed by atoms with E-state index in [4.69, 9.17) is 11.6 Å². The van der Waals surface area contributed by atoms with Crippen molar-refractivity contribution in [2.75, 3.05) is 0 Å². The number of carbonyl (C=O) groups is 1. The first kappa shape index (κ1) is 13.3. The van der Waals surface area contributed by atoms with Crippen LogP contribution in [0.2, 0.25) is 5.15 Å². The van der Waals surface area contributed by atoms with Crippen LogP contribution in [0.1, 0.15) is 35.7 Å². The summed E-state index contributed by atoms with van der Waals surface area (Å²) >= 11 is 9.30. The molecule has 0 atom stereocenters. The van der Waals surface area contributed by atoms with Crippen molar-refractivity contribution in [2.24, 2.45) is 0 Å². The van der Waals surface area contributed by atoms with Crippen molar-refractivity contribution in [3.8, 4) is 0 Å². The summed E-state index contributed by atoms with van der Waals surface area (Å²) in [6.07, 6.45) is 0. The lowest BCUT2D eigenvalue weighted by Gasteiger charge is -2.12. The number of rotatable bonds is 2. The van der Waals surface area contributed by atoms with E-state index in [1.165, 1.54) is 6.07 Å². The van der Waals surface area contributed by atoms with E-state index in [9.17, 15) is 9.90 Å². The molecule has 1 aromatic heterocycles. The van der Waals surface area contributed by atoms with Crippen LogP contribution in [-0.2, 0) is 0 Å². The fourth-order valence-electron chi connectivity index (χ4n) is 1.90. The van der Waals surface area contributed by atoms with Gasteiger partial charge in [-0.2, -0.15) is 0 Å². The van der Waals surface area contributed by atoms with Gasteiger partial charge in [0.15, 0.2) is 0 Å². The van der Waals surface area contributed by atoms with Gasteiger partial charge in [-0.15, -0.1) is 0 Å². The first-order chi connectivity index (χ1) is 8.40. The molecule has 0 aliphatic carbocycles. The Bertz CT molecular complexity index is 640. The number of halogens is 2. The predicted octanol–water partition coefficient (Wildman–Crippen LogP) is 4.47. The summed E-state index contributed by atoms with van der Waals surface area (Å²) in [6.45, 7) is 4.06. The van der Waals surface area contributed by atoms with Crippen LogP contribution in [-0.4, -0.2) is 16.1 Å². The van der Waals surface area contributed by atoms with Gasteiger partial charge in [0.2, 0.25) is 0 Å². The lowest BCUT2D eigenvalue weighted by molar-refractivity contribution is 0.0699. The zero-order valence-electron chi connectivity index (χ0n) is 9.87. The van der Waals surface area contributed by atoms with E-state index in [-0.39, 0.29) is 16.6 Å². The van der Waals surface area contributed by atoms with Gasteiger partial charge in [0.1, 0.15) is 5.15 Å². The zero-order chi connectivity index (χ0) is 13.4. The quantitative estimate of drug-likeness (QED) is 0.827. The minimum Gasteiger partial charge on any atom is -0.478 e. The zero-order valence-corrected chi connectivity index (χ0v) is 12.2. The average Bonchev–Trinajstić information content (AvgIpc) is 2.27. The average molecular weight is 329 g/mol. The molecule has 0 saturated heterocycles. The van der Waals surface area contributed by atoms with Crippen molar-refractivity contribution in [3.05, 3.63) is 39.0 Å². The van der Waals surface area contributed by atoms with Crippen LogP contribution >= 0.6 is 27.5 Å². The highest BCUT2D eigenvalue weighted by atomic mass is 79.9. The van der Waals surface area contributed by atoms with E-state index in [0.717, 1.165) is 10.0 Å². The summed E-state index contributed by atoms with van der Waals surface area (Å²) in [5.41, 5.74) is 1.80. The molecular formula is C13H11BrClNO2. The molecule has 0 spiro atoms.